The van der Waals surface area contributed by atoms with E-state index in [1.165, 1.54) is 0 Å². The number of benzene rings is 2. The fourth-order valence-corrected chi connectivity index (χ4v) is 9.40. The third-order valence-corrected chi connectivity index (χ3v) is 10.9. The zero-order valence-electron chi connectivity index (χ0n) is 25.5. The number of rotatable bonds is 9. The molecule has 4 heterocycles. The van der Waals surface area contributed by atoms with Crippen LogP contribution in [0, 0.1) is 17.8 Å². The average Bonchev–Trinajstić information content (AvgIpc) is 3.34. The van der Waals surface area contributed by atoms with Gasteiger partial charge in [-0.25, -0.2) is 0 Å². The molecule has 1 N–H and O–H groups in total. The van der Waals surface area contributed by atoms with Gasteiger partial charge in [-0.15, -0.1) is 11.8 Å². The number of anilines is 1. The van der Waals surface area contributed by atoms with Crippen LogP contribution in [0.15, 0.2) is 78.9 Å². The summed E-state index contributed by atoms with van der Waals surface area (Å²) in [6.07, 6.45) is 8.64. The van der Waals surface area contributed by atoms with Gasteiger partial charge >= 0.3 is 0 Å². The molecule has 232 valence electrons. The Kier molecular flexibility index (Phi) is 8.61. The topological polar surface area (TPSA) is 90.4 Å². The average molecular weight is 616 g/mol. The predicted molar refractivity (Wildman–Crippen MR) is 172 cm³/mol. The first-order chi connectivity index (χ1) is 21.3. The Labute approximate surface area is 263 Å². The monoisotopic (exact) mass is 615 g/mol. The van der Waals surface area contributed by atoms with E-state index in [1.807, 2.05) is 85.8 Å². The Hall–Kier alpha value is -3.56. The van der Waals surface area contributed by atoms with Gasteiger partial charge in [0.2, 0.25) is 17.7 Å². The molecule has 6 rings (SSSR count). The van der Waals surface area contributed by atoms with Gasteiger partial charge in [0.25, 0.3) is 0 Å². The summed E-state index contributed by atoms with van der Waals surface area (Å²) in [5.74, 6) is -0.934. The summed E-state index contributed by atoms with van der Waals surface area (Å²) in [4.78, 5) is 49.0. The van der Waals surface area contributed by atoms with Crippen molar-refractivity contribution in [2.24, 2.45) is 17.8 Å². The smallest absolute Gasteiger partial charge is 0.247 e. The Bertz CT molecular complexity index is 1440. The number of amides is 3. The second-order valence-electron chi connectivity index (χ2n) is 12.5. The quantitative estimate of drug-likeness (QED) is 0.424. The van der Waals surface area contributed by atoms with E-state index in [0.717, 1.165) is 17.0 Å². The van der Waals surface area contributed by atoms with Crippen molar-refractivity contribution >= 4 is 35.2 Å². The van der Waals surface area contributed by atoms with Crippen LogP contribution in [-0.4, -0.2) is 81.0 Å². The van der Waals surface area contributed by atoms with Gasteiger partial charge in [0.05, 0.1) is 35.8 Å². The molecule has 0 bridgehead atoms. The minimum Gasteiger partial charge on any atom is -0.494 e. The maximum absolute atomic E-state index is 14.7. The standard InChI is InChI=1S/C35H41N3O5S/c1-4-43-27-15-13-25(14-16-27)37-19-8-12-28-29(32(37)40)30-33(41)38(26(22-39)20-23(2)3)31-34(42)36(18-9-17-35(30,31)44-28)21-24-10-6-5-7-11-24/h5-17,23,26,28-31,39H,4,18-22H2,1-3H3/t26-,28+,29-,30+,31?,35+/m1/s1. The van der Waals surface area contributed by atoms with Gasteiger partial charge < -0.3 is 24.5 Å². The minimum atomic E-state index is -0.929. The SMILES string of the molecule is CCOc1ccc(N2CC=C[C@@H]3S[C@]45C=CCN(Cc6ccccc6)C(=O)C4N([C@@H](CO)CC(C)C)C(=O)[C@@H]5[C@@H]3C2=O)cc1. The number of aliphatic hydroxyl groups excluding tert-OH is 1. The predicted octanol–water partition coefficient (Wildman–Crippen LogP) is 4.29. The first kappa shape index (κ1) is 30.5. The highest BCUT2D eigenvalue weighted by Crippen LogP contribution is 2.61. The molecule has 0 aliphatic carbocycles. The van der Waals surface area contributed by atoms with E-state index in [9.17, 15) is 19.5 Å². The molecule has 1 spiro atoms. The molecule has 0 aromatic heterocycles. The fraction of sp³-hybridized carbons (Fsp3) is 0.457. The summed E-state index contributed by atoms with van der Waals surface area (Å²) in [6, 6.07) is 16.0. The molecule has 0 radical (unpaired) electrons. The minimum absolute atomic E-state index is 0.122. The van der Waals surface area contributed by atoms with Crippen LogP contribution in [0.1, 0.15) is 32.8 Å². The molecule has 0 saturated carbocycles. The van der Waals surface area contributed by atoms with Crippen molar-refractivity contribution in [2.75, 3.05) is 31.2 Å². The van der Waals surface area contributed by atoms with Crippen molar-refractivity contribution in [1.82, 2.24) is 9.80 Å². The Morgan fingerprint density at radius 3 is 2.41 bits per heavy atom. The lowest BCUT2D eigenvalue weighted by atomic mass is 9.78. The van der Waals surface area contributed by atoms with Crippen LogP contribution in [0.4, 0.5) is 5.69 Å². The van der Waals surface area contributed by atoms with Gasteiger partial charge in [-0.1, -0.05) is 68.5 Å². The lowest BCUT2D eigenvalue weighted by Crippen LogP contribution is -2.56. The second kappa shape index (κ2) is 12.4. The van der Waals surface area contributed by atoms with Gasteiger partial charge in [-0.2, -0.15) is 0 Å². The second-order valence-corrected chi connectivity index (χ2v) is 14.0. The van der Waals surface area contributed by atoms with E-state index >= 15 is 0 Å². The van der Waals surface area contributed by atoms with E-state index in [2.05, 4.69) is 13.8 Å². The first-order valence-electron chi connectivity index (χ1n) is 15.6. The zero-order chi connectivity index (χ0) is 31.0. The summed E-state index contributed by atoms with van der Waals surface area (Å²) >= 11 is 1.57. The van der Waals surface area contributed by atoms with Crippen LogP contribution in [0.3, 0.4) is 0 Å². The molecule has 9 heteroatoms. The number of likely N-dealkylation sites (tertiary alicyclic amines) is 1. The number of thioether (sulfide) groups is 1. The van der Waals surface area contributed by atoms with E-state index in [4.69, 9.17) is 4.74 Å². The number of fused-ring (bicyclic) bond motifs is 2. The molecular weight excluding hydrogens is 574 g/mol. The molecule has 4 aliphatic rings. The van der Waals surface area contributed by atoms with Gasteiger partial charge in [0.15, 0.2) is 0 Å². The summed E-state index contributed by atoms with van der Waals surface area (Å²) in [5, 5.41) is 10.3. The maximum Gasteiger partial charge on any atom is 0.247 e. The molecule has 3 amide bonds. The number of hydrogen-bond acceptors (Lipinski definition) is 6. The third-order valence-electron chi connectivity index (χ3n) is 9.20. The van der Waals surface area contributed by atoms with Crippen LogP contribution in [0.5, 0.6) is 5.75 Å². The molecule has 4 aliphatic heterocycles. The fourth-order valence-electron chi connectivity index (χ4n) is 7.40. The molecule has 6 atom stereocenters. The highest BCUT2D eigenvalue weighted by Gasteiger charge is 2.71. The highest BCUT2D eigenvalue weighted by molar-refractivity contribution is 8.02. The normalized spacial score (nSPS) is 28.6. The largest absolute Gasteiger partial charge is 0.494 e. The number of carbonyl (C=O) groups is 3. The number of hydrogen-bond donors (Lipinski definition) is 1. The number of carbonyl (C=O) groups excluding carboxylic acids is 3. The Morgan fingerprint density at radius 2 is 1.73 bits per heavy atom. The van der Waals surface area contributed by atoms with E-state index < -0.39 is 28.7 Å². The van der Waals surface area contributed by atoms with Crippen LogP contribution in [0.2, 0.25) is 0 Å². The molecule has 44 heavy (non-hydrogen) atoms. The van der Waals surface area contributed by atoms with Crippen molar-refractivity contribution in [3.63, 3.8) is 0 Å². The van der Waals surface area contributed by atoms with Gasteiger partial charge in [0, 0.05) is 30.6 Å². The number of aliphatic hydroxyl groups is 1. The number of nitrogens with zero attached hydrogens (tertiary/aromatic N) is 3. The lowest BCUT2D eigenvalue weighted by Gasteiger charge is -2.39. The van der Waals surface area contributed by atoms with Crippen LogP contribution in [-0.2, 0) is 20.9 Å². The summed E-state index contributed by atoms with van der Waals surface area (Å²) in [6.45, 7) is 7.56. The number of ether oxygens (including phenoxy) is 1. The molecule has 1 unspecified atom stereocenters. The Morgan fingerprint density at radius 1 is 0.977 bits per heavy atom. The molecule has 2 aromatic rings. The van der Waals surface area contributed by atoms with Gasteiger partial charge in [-0.3, -0.25) is 14.4 Å². The first-order valence-corrected chi connectivity index (χ1v) is 16.5. The zero-order valence-corrected chi connectivity index (χ0v) is 26.4. The summed E-state index contributed by atoms with van der Waals surface area (Å²) in [5.41, 5.74) is 1.75. The van der Waals surface area contributed by atoms with Crippen molar-refractivity contribution < 1.29 is 24.2 Å². The Balaban J connectivity index is 1.40. The van der Waals surface area contributed by atoms with Crippen molar-refractivity contribution in [2.45, 2.75) is 55.8 Å². The third kappa shape index (κ3) is 5.24. The van der Waals surface area contributed by atoms with Crippen LogP contribution in [0.25, 0.3) is 0 Å². The summed E-state index contributed by atoms with van der Waals surface area (Å²) in [7, 11) is 0. The van der Waals surface area contributed by atoms with E-state index in [1.54, 1.807) is 26.5 Å². The van der Waals surface area contributed by atoms with Gasteiger partial charge in [-0.05, 0) is 49.1 Å². The molecule has 8 nitrogen and oxygen atoms in total. The van der Waals surface area contributed by atoms with Crippen LogP contribution >= 0.6 is 11.8 Å². The molecule has 2 fully saturated rings. The van der Waals surface area contributed by atoms with Crippen LogP contribution < -0.4 is 9.64 Å². The van der Waals surface area contributed by atoms with E-state index in [0.29, 0.717) is 32.7 Å². The van der Waals surface area contributed by atoms with Crippen molar-refractivity contribution in [3.05, 3.63) is 84.5 Å². The van der Waals surface area contributed by atoms with Crippen molar-refractivity contribution in [1.29, 1.82) is 0 Å². The van der Waals surface area contributed by atoms with Gasteiger partial charge in [0.1, 0.15) is 11.8 Å². The highest BCUT2D eigenvalue weighted by atomic mass is 32.2. The van der Waals surface area contributed by atoms with Crippen molar-refractivity contribution in [3.8, 4) is 5.75 Å². The molecule has 2 saturated heterocycles. The maximum atomic E-state index is 14.7. The molecule has 2 aromatic carbocycles. The lowest BCUT2D eigenvalue weighted by molar-refractivity contribution is -0.146. The summed E-state index contributed by atoms with van der Waals surface area (Å²) < 4.78 is 4.67. The van der Waals surface area contributed by atoms with E-state index in [-0.39, 0.29) is 35.5 Å². The molecular formula is C35H41N3O5S.